The van der Waals surface area contributed by atoms with Crippen LogP contribution in [0, 0.1) is 0 Å². The highest BCUT2D eigenvalue weighted by molar-refractivity contribution is 6.34. The molecule has 0 amide bonds. The maximum atomic E-state index is 11.6. The minimum absolute atomic E-state index is 0.0787. The second-order valence-electron chi connectivity index (χ2n) is 3.76. The van der Waals surface area contributed by atoms with Gasteiger partial charge in [0.05, 0.1) is 7.11 Å². The van der Waals surface area contributed by atoms with Crippen LogP contribution in [0.5, 0.6) is 11.5 Å². The van der Waals surface area contributed by atoms with Gasteiger partial charge in [-0.3, -0.25) is 0 Å². The molecule has 2 N–H and O–H groups in total. The first kappa shape index (κ1) is 12.0. The first-order valence-corrected chi connectivity index (χ1v) is 5.33. The number of hydrogen-bond acceptors (Lipinski definition) is 5. The summed E-state index contributed by atoms with van der Waals surface area (Å²) in [5.41, 5.74) is 0.147. The lowest BCUT2D eigenvalue weighted by Gasteiger charge is -2.28. The fourth-order valence-electron chi connectivity index (χ4n) is 1.78. The van der Waals surface area contributed by atoms with Crippen molar-refractivity contribution in [1.82, 2.24) is 0 Å². The van der Waals surface area contributed by atoms with Crippen molar-refractivity contribution in [3.63, 3.8) is 0 Å². The van der Waals surface area contributed by atoms with E-state index in [4.69, 9.17) is 21.1 Å². The number of aliphatic hydroxyl groups excluding tert-OH is 1. The van der Waals surface area contributed by atoms with E-state index in [9.17, 15) is 15.0 Å². The molecule has 0 aromatic heterocycles. The van der Waals surface area contributed by atoms with E-state index in [2.05, 4.69) is 0 Å². The SMILES string of the molecule is COc1cc2c(c(O)c1Cl)C(=O)OC(C)C2O. The molecule has 1 aliphatic heterocycles. The van der Waals surface area contributed by atoms with Crippen molar-refractivity contribution in [1.29, 1.82) is 0 Å². The molecule has 5 nitrogen and oxygen atoms in total. The van der Waals surface area contributed by atoms with Gasteiger partial charge in [-0.15, -0.1) is 0 Å². The topological polar surface area (TPSA) is 76.0 Å². The first-order chi connectivity index (χ1) is 7.97. The monoisotopic (exact) mass is 258 g/mol. The Labute approximate surface area is 103 Å². The summed E-state index contributed by atoms with van der Waals surface area (Å²) in [7, 11) is 1.38. The van der Waals surface area contributed by atoms with Gasteiger partial charge >= 0.3 is 5.97 Å². The van der Waals surface area contributed by atoms with Gasteiger partial charge in [0, 0.05) is 5.56 Å². The molecule has 1 aromatic rings. The van der Waals surface area contributed by atoms with Crippen LogP contribution in [-0.2, 0) is 4.74 Å². The minimum Gasteiger partial charge on any atom is -0.505 e. The van der Waals surface area contributed by atoms with Gasteiger partial charge in [-0.05, 0) is 13.0 Å². The molecular formula is C11H11ClO5. The second-order valence-corrected chi connectivity index (χ2v) is 4.14. The van der Waals surface area contributed by atoms with Crippen molar-refractivity contribution < 1.29 is 24.5 Å². The largest absolute Gasteiger partial charge is 0.505 e. The molecule has 2 rings (SSSR count). The molecule has 0 aliphatic carbocycles. The van der Waals surface area contributed by atoms with Crippen LogP contribution in [-0.4, -0.2) is 29.4 Å². The molecule has 0 spiro atoms. The number of aromatic hydroxyl groups is 1. The molecule has 1 aromatic carbocycles. The number of halogens is 1. The summed E-state index contributed by atoms with van der Waals surface area (Å²) in [6.45, 7) is 1.56. The molecule has 0 bridgehead atoms. The van der Waals surface area contributed by atoms with Crippen LogP contribution in [0.3, 0.4) is 0 Å². The molecule has 0 radical (unpaired) electrons. The molecule has 0 fully saturated rings. The number of methoxy groups -OCH3 is 1. The van der Waals surface area contributed by atoms with Gasteiger partial charge in [0.15, 0.2) is 5.75 Å². The summed E-state index contributed by atoms with van der Waals surface area (Å²) in [6.07, 6.45) is -1.69. The number of carbonyl (C=O) groups is 1. The quantitative estimate of drug-likeness (QED) is 0.749. The second kappa shape index (κ2) is 4.09. The Morgan fingerprint density at radius 3 is 2.76 bits per heavy atom. The lowest BCUT2D eigenvalue weighted by Crippen LogP contribution is -2.30. The van der Waals surface area contributed by atoms with Gasteiger partial charge in [-0.2, -0.15) is 0 Å². The normalized spacial score (nSPS) is 22.9. The maximum absolute atomic E-state index is 11.6. The highest BCUT2D eigenvalue weighted by Crippen LogP contribution is 2.43. The summed E-state index contributed by atoms with van der Waals surface area (Å²) in [5, 5.41) is 19.6. The third-order valence-corrected chi connectivity index (χ3v) is 3.08. The predicted molar refractivity (Wildman–Crippen MR) is 59.5 cm³/mol. The Kier molecular flexibility index (Phi) is 2.89. The molecule has 92 valence electrons. The van der Waals surface area contributed by atoms with Gasteiger partial charge < -0.3 is 19.7 Å². The van der Waals surface area contributed by atoms with E-state index < -0.39 is 23.9 Å². The highest BCUT2D eigenvalue weighted by Gasteiger charge is 2.36. The van der Waals surface area contributed by atoms with Crippen molar-refractivity contribution in [2.75, 3.05) is 7.11 Å². The van der Waals surface area contributed by atoms with Crippen molar-refractivity contribution in [2.45, 2.75) is 19.1 Å². The zero-order valence-electron chi connectivity index (χ0n) is 9.23. The number of phenolic OH excluding ortho intramolecular Hbond substituents is 1. The average molecular weight is 259 g/mol. The van der Waals surface area contributed by atoms with E-state index in [-0.39, 0.29) is 21.9 Å². The van der Waals surface area contributed by atoms with Crippen LogP contribution in [0.4, 0.5) is 0 Å². The van der Waals surface area contributed by atoms with E-state index in [1.807, 2.05) is 0 Å². The summed E-state index contributed by atoms with van der Waals surface area (Å²) < 4.78 is 9.84. The van der Waals surface area contributed by atoms with Crippen LogP contribution in [0.15, 0.2) is 6.07 Å². The average Bonchev–Trinajstić information content (AvgIpc) is 2.29. The van der Waals surface area contributed by atoms with Gasteiger partial charge in [0.1, 0.15) is 28.5 Å². The van der Waals surface area contributed by atoms with E-state index in [1.54, 1.807) is 6.92 Å². The van der Waals surface area contributed by atoms with Crippen LogP contribution < -0.4 is 4.74 Å². The highest BCUT2D eigenvalue weighted by atomic mass is 35.5. The van der Waals surface area contributed by atoms with E-state index in [0.29, 0.717) is 0 Å². The van der Waals surface area contributed by atoms with Crippen LogP contribution in [0.2, 0.25) is 5.02 Å². The molecule has 1 aliphatic rings. The lowest BCUT2D eigenvalue weighted by molar-refractivity contribution is -0.0217. The zero-order valence-corrected chi connectivity index (χ0v) is 9.99. The third-order valence-electron chi connectivity index (χ3n) is 2.72. The standard InChI is InChI=1S/C11H11ClO5/c1-4-9(13)5-3-6(16-2)8(12)10(14)7(5)11(15)17-4/h3-4,9,13-14H,1-2H3. The number of aliphatic hydroxyl groups is 1. The van der Waals surface area contributed by atoms with Crippen LogP contribution in [0.1, 0.15) is 28.9 Å². The van der Waals surface area contributed by atoms with Crippen molar-refractivity contribution in [3.8, 4) is 11.5 Å². The minimum atomic E-state index is -1.01. The number of carbonyl (C=O) groups excluding carboxylic acids is 1. The molecular weight excluding hydrogens is 248 g/mol. The third kappa shape index (κ3) is 1.71. The summed E-state index contributed by atoms with van der Waals surface area (Å²) in [4.78, 5) is 11.6. The number of cyclic esters (lactones) is 1. The fraction of sp³-hybridized carbons (Fsp3) is 0.364. The number of rotatable bonds is 1. The lowest BCUT2D eigenvalue weighted by atomic mass is 9.95. The fourth-order valence-corrected chi connectivity index (χ4v) is 2.01. The van der Waals surface area contributed by atoms with Crippen molar-refractivity contribution in [3.05, 3.63) is 22.2 Å². The van der Waals surface area contributed by atoms with Crippen LogP contribution >= 0.6 is 11.6 Å². The first-order valence-electron chi connectivity index (χ1n) is 4.95. The number of hydrogen-bond donors (Lipinski definition) is 2. The molecule has 0 saturated carbocycles. The molecule has 6 heteroatoms. The predicted octanol–water partition coefficient (Wildman–Crippen LogP) is 1.65. The van der Waals surface area contributed by atoms with Crippen molar-refractivity contribution >= 4 is 17.6 Å². The van der Waals surface area contributed by atoms with Gasteiger partial charge in [0.25, 0.3) is 0 Å². The Morgan fingerprint density at radius 1 is 1.53 bits per heavy atom. The molecule has 0 saturated heterocycles. The van der Waals surface area contributed by atoms with E-state index >= 15 is 0 Å². The van der Waals surface area contributed by atoms with E-state index in [0.717, 1.165) is 0 Å². The number of ether oxygens (including phenoxy) is 2. The van der Waals surface area contributed by atoms with Crippen molar-refractivity contribution in [2.24, 2.45) is 0 Å². The molecule has 2 atom stereocenters. The Bertz CT molecular complexity index is 485. The van der Waals surface area contributed by atoms with Gasteiger partial charge in [-0.1, -0.05) is 11.6 Å². The van der Waals surface area contributed by atoms with Gasteiger partial charge in [0.2, 0.25) is 0 Å². The summed E-state index contributed by atoms with van der Waals surface area (Å²) in [5.74, 6) is -0.944. The Hall–Kier alpha value is -1.46. The summed E-state index contributed by atoms with van der Waals surface area (Å²) >= 11 is 5.82. The van der Waals surface area contributed by atoms with E-state index in [1.165, 1.54) is 13.2 Å². The van der Waals surface area contributed by atoms with Crippen LogP contribution in [0.25, 0.3) is 0 Å². The van der Waals surface area contributed by atoms with Gasteiger partial charge in [-0.25, -0.2) is 4.79 Å². The maximum Gasteiger partial charge on any atom is 0.342 e. The Balaban J connectivity index is 2.70. The Morgan fingerprint density at radius 2 is 2.18 bits per heavy atom. The number of benzene rings is 1. The molecule has 2 unspecified atom stereocenters. The zero-order chi connectivity index (χ0) is 12.7. The smallest absolute Gasteiger partial charge is 0.342 e. The number of esters is 1. The molecule has 1 heterocycles. The number of fused-ring (bicyclic) bond motifs is 1. The number of phenols is 1. The molecule has 17 heavy (non-hydrogen) atoms. The summed E-state index contributed by atoms with van der Waals surface area (Å²) in [6, 6.07) is 1.43.